The third-order valence-corrected chi connectivity index (χ3v) is 2.22. The van der Waals surface area contributed by atoms with E-state index in [-0.39, 0.29) is 12.0 Å². The molecule has 74 valence electrons. The molecule has 1 aromatic rings. The summed E-state index contributed by atoms with van der Waals surface area (Å²) in [6.07, 6.45) is 1.48. The Bertz CT molecular complexity index is 348. The molecule has 0 aromatic heterocycles. The monoisotopic (exact) mass is 191 g/mol. The predicted octanol–water partition coefficient (Wildman–Crippen LogP) is 1.92. The zero-order valence-electron chi connectivity index (χ0n) is 8.32. The standard InChI is InChI=1S/C11H13NO2/c1-11(2,7-13)9-3-5-10(6-4-9)12-8-14/h3-6,13H,7H2,1-2H3. The zero-order valence-corrected chi connectivity index (χ0v) is 8.32. The Balaban J connectivity index is 2.99. The van der Waals surface area contributed by atoms with Crippen LogP contribution in [0.2, 0.25) is 0 Å². The molecule has 0 heterocycles. The van der Waals surface area contributed by atoms with E-state index in [1.807, 2.05) is 26.0 Å². The molecule has 0 bridgehead atoms. The number of hydrogen-bond acceptors (Lipinski definition) is 3. The number of carbonyl (C=O) groups excluding carboxylic acids is 1. The number of rotatable bonds is 3. The van der Waals surface area contributed by atoms with Gasteiger partial charge in [0.05, 0.1) is 12.3 Å². The van der Waals surface area contributed by atoms with E-state index >= 15 is 0 Å². The summed E-state index contributed by atoms with van der Waals surface area (Å²) in [5.74, 6) is 0. The number of isocyanates is 1. The molecule has 14 heavy (non-hydrogen) atoms. The van der Waals surface area contributed by atoms with E-state index in [4.69, 9.17) is 5.11 Å². The number of aliphatic hydroxyl groups excluding tert-OH is 1. The van der Waals surface area contributed by atoms with Gasteiger partial charge in [-0.25, -0.2) is 4.79 Å². The van der Waals surface area contributed by atoms with Crippen LogP contribution in [0.3, 0.4) is 0 Å². The number of hydrogen-bond donors (Lipinski definition) is 1. The molecule has 0 aliphatic carbocycles. The van der Waals surface area contributed by atoms with Crippen LogP contribution >= 0.6 is 0 Å². The molecule has 1 rings (SSSR count). The van der Waals surface area contributed by atoms with Gasteiger partial charge >= 0.3 is 0 Å². The van der Waals surface area contributed by atoms with E-state index in [9.17, 15) is 4.79 Å². The summed E-state index contributed by atoms with van der Waals surface area (Å²) in [5, 5.41) is 9.13. The van der Waals surface area contributed by atoms with Crippen LogP contribution in [0, 0.1) is 0 Å². The van der Waals surface area contributed by atoms with Crippen molar-refractivity contribution in [3.8, 4) is 0 Å². The highest BCUT2D eigenvalue weighted by molar-refractivity contribution is 5.49. The molecule has 1 aromatic carbocycles. The molecule has 3 heteroatoms. The first-order chi connectivity index (χ1) is 6.60. The average molecular weight is 191 g/mol. The predicted molar refractivity (Wildman–Crippen MR) is 54.3 cm³/mol. The van der Waals surface area contributed by atoms with E-state index in [0.29, 0.717) is 5.69 Å². The molecule has 3 nitrogen and oxygen atoms in total. The van der Waals surface area contributed by atoms with E-state index in [0.717, 1.165) is 5.56 Å². The molecule has 0 unspecified atom stereocenters. The summed E-state index contributed by atoms with van der Waals surface area (Å²) in [5.41, 5.74) is 1.34. The number of benzene rings is 1. The maximum absolute atomic E-state index is 9.98. The van der Waals surface area contributed by atoms with Gasteiger partial charge in [-0.2, -0.15) is 4.99 Å². The van der Waals surface area contributed by atoms with Crippen molar-refractivity contribution in [2.75, 3.05) is 6.61 Å². The molecule has 0 aliphatic heterocycles. The van der Waals surface area contributed by atoms with Crippen LogP contribution in [0.1, 0.15) is 19.4 Å². The molecule has 0 spiro atoms. The van der Waals surface area contributed by atoms with E-state index in [1.54, 1.807) is 12.1 Å². The van der Waals surface area contributed by atoms with Crippen LogP contribution in [0.25, 0.3) is 0 Å². The first-order valence-electron chi connectivity index (χ1n) is 4.39. The van der Waals surface area contributed by atoms with Gasteiger partial charge in [-0.1, -0.05) is 26.0 Å². The Hall–Kier alpha value is -1.44. The maximum atomic E-state index is 9.98. The number of aliphatic imine (C=N–C) groups is 1. The normalized spacial score (nSPS) is 10.8. The van der Waals surface area contributed by atoms with Crippen LogP contribution in [0.4, 0.5) is 5.69 Å². The second-order valence-corrected chi connectivity index (χ2v) is 3.79. The molecule has 0 radical (unpaired) electrons. The highest BCUT2D eigenvalue weighted by Gasteiger charge is 2.18. The fourth-order valence-corrected chi connectivity index (χ4v) is 1.13. The van der Waals surface area contributed by atoms with Crippen molar-refractivity contribution in [3.63, 3.8) is 0 Å². The molecule has 0 saturated heterocycles. The Morgan fingerprint density at radius 1 is 1.36 bits per heavy atom. The molecule has 0 atom stereocenters. The van der Waals surface area contributed by atoms with Crippen molar-refractivity contribution >= 4 is 11.8 Å². The lowest BCUT2D eigenvalue weighted by atomic mass is 9.86. The van der Waals surface area contributed by atoms with Gasteiger partial charge in [0.25, 0.3) is 0 Å². The van der Waals surface area contributed by atoms with Gasteiger partial charge in [0.2, 0.25) is 6.08 Å². The van der Waals surface area contributed by atoms with Gasteiger partial charge in [-0.3, -0.25) is 0 Å². The minimum absolute atomic E-state index is 0.0866. The molecule has 1 N–H and O–H groups in total. The van der Waals surface area contributed by atoms with Crippen molar-refractivity contribution in [3.05, 3.63) is 29.8 Å². The Kier molecular flexibility index (Phi) is 3.18. The Morgan fingerprint density at radius 2 is 1.93 bits per heavy atom. The molecular weight excluding hydrogens is 178 g/mol. The first kappa shape index (κ1) is 10.6. The lowest BCUT2D eigenvalue weighted by Gasteiger charge is -2.21. The summed E-state index contributed by atoms with van der Waals surface area (Å²) >= 11 is 0. The van der Waals surface area contributed by atoms with Crippen molar-refractivity contribution in [1.82, 2.24) is 0 Å². The quantitative estimate of drug-likeness (QED) is 0.586. The molecule has 0 amide bonds. The van der Waals surface area contributed by atoms with Crippen molar-refractivity contribution in [2.24, 2.45) is 4.99 Å². The van der Waals surface area contributed by atoms with Crippen molar-refractivity contribution < 1.29 is 9.90 Å². The summed E-state index contributed by atoms with van der Waals surface area (Å²) in [7, 11) is 0. The summed E-state index contributed by atoms with van der Waals surface area (Å²) in [6, 6.07) is 7.17. The lowest BCUT2D eigenvalue weighted by molar-refractivity contribution is 0.218. The van der Waals surface area contributed by atoms with Gasteiger partial charge in [-0.15, -0.1) is 0 Å². The molecule has 0 aliphatic rings. The minimum Gasteiger partial charge on any atom is -0.395 e. The number of aliphatic hydroxyl groups is 1. The van der Waals surface area contributed by atoms with Gasteiger partial charge in [-0.05, 0) is 17.7 Å². The summed E-state index contributed by atoms with van der Waals surface area (Å²) < 4.78 is 0. The Labute approximate surface area is 83.1 Å². The van der Waals surface area contributed by atoms with Gasteiger partial charge in [0.1, 0.15) is 0 Å². The fraction of sp³-hybridized carbons (Fsp3) is 0.364. The van der Waals surface area contributed by atoms with Gasteiger partial charge in [0.15, 0.2) is 0 Å². The topological polar surface area (TPSA) is 49.7 Å². The maximum Gasteiger partial charge on any atom is 0.240 e. The van der Waals surface area contributed by atoms with Crippen LogP contribution in [-0.2, 0) is 10.2 Å². The molecule has 0 saturated carbocycles. The van der Waals surface area contributed by atoms with Gasteiger partial charge < -0.3 is 5.11 Å². The van der Waals surface area contributed by atoms with Crippen molar-refractivity contribution in [1.29, 1.82) is 0 Å². The second kappa shape index (κ2) is 4.18. The highest BCUT2D eigenvalue weighted by atomic mass is 16.3. The van der Waals surface area contributed by atoms with Crippen LogP contribution < -0.4 is 0 Å². The summed E-state index contributed by atoms with van der Waals surface area (Å²) in [6.45, 7) is 3.99. The smallest absolute Gasteiger partial charge is 0.240 e. The van der Waals surface area contributed by atoms with Crippen LogP contribution in [0.15, 0.2) is 29.3 Å². The van der Waals surface area contributed by atoms with E-state index in [2.05, 4.69) is 4.99 Å². The third-order valence-electron chi connectivity index (χ3n) is 2.22. The number of nitrogens with zero attached hydrogens (tertiary/aromatic N) is 1. The zero-order chi connectivity index (χ0) is 10.6. The van der Waals surface area contributed by atoms with E-state index in [1.165, 1.54) is 6.08 Å². The fourth-order valence-electron chi connectivity index (χ4n) is 1.13. The van der Waals surface area contributed by atoms with E-state index < -0.39 is 0 Å². The summed E-state index contributed by atoms with van der Waals surface area (Å²) in [4.78, 5) is 13.5. The SMILES string of the molecule is CC(C)(CO)c1ccc(N=C=O)cc1. The highest BCUT2D eigenvalue weighted by Crippen LogP contribution is 2.24. The molecular formula is C11H13NO2. The average Bonchev–Trinajstić information content (AvgIpc) is 2.19. The van der Waals surface area contributed by atoms with Gasteiger partial charge in [0, 0.05) is 5.41 Å². The molecule has 0 fully saturated rings. The Morgan fingerprint density at radius 3 is 2.36 bits per heavy atom. The minimum atomic E-state index is -0.260. The lowest BCUT2D eigenvalue weighted by Crippen LogP contribution is -2.21. The van der Waals surface area contributed by atoms with Crippen LogP contribution in [-0.4, -0.2) is 17.8 Å². The van der Waals surface area contributed by atoms with Crippen LogP contribution in [0.5, 0.6) is 0 Å². The first-order valence-corrected chi connectivity index (χ1v) is 4.39. The largest absolute Gasteiger partial charge is 0.395 e. The van der Waals surface area contributed by atoms with Crippen molar-refractivity contribution in [2.45, 2.75) is 19.3 Å². The third kappa shape index (κ3) is 2.28. The second-order valence-electron chi connectivity index (χ2n) is 3.79.